The second-order valence-corrected chi connectivity index (χ2v) is 5.72. The van der Waals surface area contributed by atoms with Crippen LogP contribution in [0.25, 0.3) is 0 Å². The number of carbonyl (C=O) groups is 2. The maximum absolute atomic E-state index is 13.8. The highest BCUT2D eigenvalue weighted by Crippen LogP contribution is 2.21. The summed E-state index contributed by atoms with van der Waals surface area (Å²) in [5.41, 5.74) is 0.760. The van der Waals surface area contributed by atoms with Crippen molar-refractivity contribution in [2.45, 2.75) is 19.3 Å². The Morgan fingerprint density at radius 2 is 1.88 bits per heavy atom. The number of amides is 1. The van der Waals surface area contributed by atoms with Gasteiger partial charge in [-0.05, 0) is 48.2 Å². The molecule has 0 aliphatic rings. The van der Waals surface area contributed by atoms with Gasteiger partial charge >= 0.3 is 5.97 Å². The van der Waals surface area contributed by atoms with Crippen LogP contribution in [0.3, 0.4) is 0 Å². The molecule has 0 aromatic heterocycles. The van der Waals surface area contributed by atoms with Gasteiger partial charge in [-0.15, -0.1) is 0 Å². The Morgan fingerprint density at radius 1 is 1.20 bits per heavy atom. The molecule has 0 aliphatic carbocycles. The summed E-state index contributed by atoms with van der Waals surface area (Å²) >= 11 is 0. The minimum atomic E-state index is -1.24. The number of methoxy groups -OCH3 is 1. The molecule has 2 rings (SSSR count). The Bertz CT molecular complexity index is 759. The van der Waals surface area contributed by atoms with Crippen molar-refractivity contribution in [1.29, 1.82) is 0 Å². The van der Waals surface area contributed by atoms with Crippen LogP contribution in [-0.4, -0.2) is 30.6 Å². The zero-order chi connectivity index (χ0) is 18.4. The predicted octanol–water partition coefficient (Wildman–Crippen LogP) is 3.46. The summed E-state index contributed by atoms with van der Waals surface area (Å²) < 4.78 is 19.0. The molecular weight excluding hydrogens is 325 g/mol. The van der Waals surface area contributed by atoms with E-state index in [1.165, 1.54) is 12.1 Å². The monoisotopic (exact) mass is 345 g/mol. The van der Waals surface area contributed by atoms with Crippen LogP contribution in [0.1, 0.15) is 45.5 Å². The van der Waals surface area contributed by atoms with Gasteiger partial charge in [0.2, 0.25) is 0 Å². The Balaban J connectivity index is 1.90. The minimum Gasteiger partial charge on any atom is -0.497 e. The van der Waals surface area contributed by atoms with E-state index < -0.39 is 17.7 Å². The number of rotatable bonds is 7. The molecule has 1 atom stereocenters. The SMILES string of the molecule is COc1ccc(C(C)CCNC(=O)c2ccc(C(=O)O)cc2F)cc1. The minimum absolute atomic E-state index is 0.165. The van der Waals surface area contributed by atoms with Crippen LogP contribution in [-0.2, 0) is 0 Å². The molecule has 0 radical (unpaired) electrons. The summed E-state index contributed by atoms with van der Waals surface area (Å²) in [4.78, 5) is 22.8. The molecule has 2 aromatic rings. The molecule has 0 saturated heterocycles. The molecule has 6 heteroatoms. The fourth-order valence-electron chi connectivity index (χ4n) is 2.43. The highest BCUT2D eigenvalue weighted by atomic mass is 19.1. The summed E-state index contributed by atoms with van der Waals surface area (Å²) in [6.45, 7) is 2.42. The Kier molecular flexibility index (Phi) is 6.11. The molecule has 0 aliphatic heterocycles. The molecule has 132 valence electrons. The fourth-order valence-corrected chi connectivity index (χ4v) is 2.43. The molecule has 2 aromatic carbocycles. The first-order valence-corrected chi connectivity index (χ1v) is 7.87. The van der Waals surface area contributed by atoms with Crippen molar-refractivity contribution in [3.05, 3.63) is 65.0 Å². The van der Waals surface area contributed by atoms with Crippen LogP contribution in [0.4, 0.5) is 4.39 Å². The number of nitrogens with one attached hydrogen (secondary N) is 1. The third-order valence-electron chi connectivity index (χ3n) is 4.01. The van der Waals surface area contributed by atoms with Crippen LogP contribution < -0.4 is 10.1 Å². The van der Waals surface area contributed by atoms with E-state index in [0.717, 1.165) is 17.4 Å². The van der Waals surface area contributed by atoms with Crippen LogP contribution in [0, 0.1) is 5.82 Å². The fraction of sp³-hybridized carbons (Fsp3) is 0.263. The van der Waals surface area contributed by atoms with E-state index in [1.807, 2.05) is 31.2 Å². The van der Waals surface area contributed by atoms with Gasteiger partial charge in [0.15, 0.2) is 0 Å². The first-order valence-electron chi connectivity index (χ1n) is 7.87. The summed E-state index contributed by atoms with van der Waals surface area (Å²) in [6.07, 6.45) is 0.687. The zero-order valence-corrected chi connectivity index (χ0v) is 14.1. The van der Waals surface area contributed by atoms with E-state index in [9.17, 15) is 14.0 Å². The standard InChI is InChI=1S/C19H20FNO4/c1-12(13-3-6-15(25-2)7-4-13)9-10-21-18(22)16-8-5-14(19(23)24)11-17(16)20/h3-8,11-12H,9-10H2,1-2H3,(H,21,22)(H,23,24). The molecule has 0 bridgehead atoms. The predicted molar refractivity (Wildman–Crippen MR) is 91.7 cm³/mol. The summed E-state index contributed by atoms with van der Waals surface area (Å²) in [5, 5.41) is 11.5. The van der Waals surface area contributed by atoms with E-state index in [-0.39, 0.29) is 17.0 Å². The second kappa shape index (κ2) is 8.28. The highest BCUT2D eigenvalue weighted by Gasteiger charge is 2.14. The number of hydrogen-bond donors (Lipinski definition) is 2. The number of carboxylic acids is 1. The Morgan fingerprint density at radius 3 is 2.44 bits per heavy atom. The lowest BCUT2D eigenvalue weighted by atomic mass is 9.98. The van der Waals surface area contributed by atoms with Gasteiger partial charge in [0.05, 0.1) is 18.2 Å². The number of hydrogen-bond acceptors (Lipinski definition) is 3. The topological polar surface area (TPSA) is 75.6 Å². The van der Waals surface area contributed by atoms with Crippen LogP contribution in [0.5, 0.6) is 5.75 Å². The maximum atomic E-state index is 13.8. The summed E-state index contributed by atoms with van der Waals surface area (Å²) in [5.74, 6) is -1.65. The smallest absolute Gasteiger partial charge is 0.335 e. The van der Waals surface area contributed by atoms with Crippen molar-refractivity contribution in [2.75, 3.05) is 13.7 Å². The molecule has 2 N–H and O–H groups in total. The third-order valence-corrected chi connectivity index (χ3v) is 4.01. The van der Waals surface area contributed by atoms with Crippen molar-refractivity contribution < 1.29 is 23.8 Å². The van der Waals surface area contributed by atoms with Gasteiger partial charge in [-0.3, -0.25) is 4.79 Å². The lowest BCUT2D eigenvalue weighted by molar-refractivity contribution is 0.0695. The van der Waals surface area contributed by atoms with Gasteiger partial charge in [0.1, 0.15) is 11.6 Å². The third kappa shape index (κ3) is 4.79. The second-order valence-electron chi connectivity index (χ2n) is 5.72. The maximum Gasteiger partial charge on any atom is 0.335 e. The van der Waals surface area contributed by atoms with Gasteiger partial charge in [-0.1, -0.05) is 19.1 Å². The number of carbonyl (C=O) groups excluding carboxylic acids is 1. The van der Waals surface area contributed by atoms with Gasteiger partial charge in [-0.25, -0.2) is 9.18 Å². The number of benzene rings is 2. The number of ether oxygens (including phenoxy) is 1. The first-order chi connectivity index (χ1) is 11.9. The van der Waals surface area contributed by atoms with E-state index >= 15 is 0 Å². The van der Waals surface area contributed by atoms with E-state index in [1.54, 1.807) is 7.11 Å². The Labute approximate surface area is 145 Å². The Hall–Kier alpha value is -2.89. The quantitative estimate of drug-likeness (QED) is 0.806. The number of halogens is 1. The largest absolute Gasteiger partial charge is 0.497 e. The van der Waals surface area contributed by atoms with Crippen molar-refractivity contribution in [2.24, 2.45) is 0 Å². The molecule has 1 unspecified atom stereocenters. The summed E-state index contributed by atoms with van der Waals surface area (Å²) in [6, 6.07) is 10.9. The van der Waals surface area contributed by atoms with E-state index in [4.69, 9.17) is 9.84 Å². The molecular formula is C19H20FNO4. The van der Waals surface area contributed by atoms with Gasteiger partial charge in [0, 0.05) is 6.54 Å². The molecule has 25 heavy (non-hydrogen) atoms. The van der Waals surface area contributed by atoms with Crippen molar-refractivity contribution >= 4 is 11.9 Å². The lowest BCUT2D eigenvalue weighted by Gasteiger charge is -2.13. The van der Waals surface area contributed by atoms with Crippen LogP contribution in [0.2, 0.25) is 0 Å². The van der Waals surface area contributed by atoms with Crippen molar-refractivity contribution in [1.82, 2.24) is 5.32 Å². The van der Waals surface area contributed by atoms with Crippen LogP contribution >= 0.6 is 0 Å². The van der Waals surface area contributed by atoms with Crippen molar-refractivity contribution in [3.8, 4) is 5.75 Å². The normalized spacial score (nSPS) is 11.6. The van der Waals surface area contributed by atoms with E-state index in [0.29, 0.717) is 13.0 Å². The molecule has 5 nitrogen and oxygen atoms in total. The number of carboxylic acid groups (broad SMARTS) is 1. The zero-order valence-electron chi connectivity index (χ0n) is 14.1. The lowest BCUT2D eigenvalue weighted by Crippen LogP contribution is -2.26. The van der Waals surface area contributed by atoms with Gasteiger partial charge in [0.25, 0.3) is 5.91 Å². The molecule has 1 amide bonds. The molecule has 0 heterocycles. The van der Waals surface area contributed by atoms with E-state index in [2.05, 4.69) is 5.32 Å². The molecule has 0 fully saturated rings. The number of aromatic carboxylic acids is 1. The van der Waals surface area contributed by atoms with Gasteiger partial charge < -0.3 is 15.2 Å². The average molecular weight is 345 g/mol. The summed E-state index contributed by atoms with van der Waals surface area (Å²) in [7, 11) is 1.61. The van der Waals surface area contributed by atoms with Crippen LogP contribution in [0.15, 0.2) is 42.5 Å². The molecule has 0 saturated carbocycles. The van der Waals surface area contributed by atoms with Gasteiger partial charge in [-0.2, -0.15) is 0 Å². The highest BCUT2D eigenvalue weighted by molar-refractivity contribution is 5.96. The average Bonchev–Trinajstić information content (AvgIpc) is 2.61. The van der Waals surface area contributed by atoms with Crippen molar-refractivity contribution in [3.63, 3.8) is 0 Å². The molecule has 0 spiro atoms. The first kappa shape index (κ1) is 18.4.